The third-order valence-corrected chi connectivity index (χ3v) is 3.13. The van der Waals surface area contributed by atoms with Gasteiger partial charge in [-0.25, -0.2) is 0 Å². The van der Waals surface area contributed by atoms with Crippen molar-refractivity contribution >= 4 is 16.8 Å². The topological polar surface area (TPSA) is 34.0 Å². The van der Waals surface area contributed by atoms with Crippen LogP contribution in [-0.2, 0) is 17.8 Å². The first kappa shape index (κ1) is 12.7. The Morgan fingerprint density at radius 3 is 2.83 bits per heavy atom. The quantitative estimate of drug-likeness (QED) is 0.862. The Morgan fingerprint density at radius 1 is 1.28 bits per heavy atom. The summed E-state index contributed by atoms with van der Waals surface area (Å²) in [7, 11) is 0. The maximum absolute atomic E-state index is 11.7. The number of fused-ring (bicyclic) bond motifs is 1. The number of carbonyl (C=O) groups excluding carboxylic acids is 1. The molecule has 2 aromatic rings. The van der Waals surface area contributed by atoms with E-state index in [2.05, 4.69) is 43.4 Å². The molecule has 0 bridgehead atoms. The van der Waals surface area contributed by atoms with Crippen molar-refractivity contribution in [2.24, 2.45) is 0 Å². The fraction of sp³-hybridized carbons (Fsp3) is 0.400. The van der Waals surface area contributed by atoms with E-state index in [1.807, 2.05) is 10.8 Å². The summed E-state index contributed by atoms with van der Waals surface area (Å²) in [6, 6.07) is 8.49. The van der Waals surface area contributed by atoms with Gasteiger partial charge in [-0.3, -0.25) is 4.79 Å². The van der Waals surface area contributed by atoms with Crippen LogP contribution >= 0.6 is 0 Å². The van der Waals surface area contributed by atoms with Crippen LogP contribution in [0, 0.1) is 0 Å². The normalized spacial score (nSPS) is 10.8. The Kier molecular flexibility index (Phi) is 4.03. The highest BCUT2D eigenvalue weighted by molar-refractivity contribution is 5.83. The van der Waals surface area contributed by atoms with Crippen molar-refractivity contribution in [1.29, 1.82) is 0 Å². The number of aryl methyl sites for hydroxylation is 1. The zero-order valence-electron chi connectivity index (χ0n) is 11.1. The molecule has 1 aromatic carbocycles. The summed E-state index contributed by atoms with van der Waals surface area (Å²) in [5.74, 6) is 0.0777. The van der Waals surface area contributed by atoms with Crippen LogP contribution in [0.3, 0.4) is 0 Å². The fourth-order valence-corrected chi connectivity index (χ4v) is 2.08. The van der Waals surface area contributed by atoms with Gasteiger partial charge < -0.3 is 9.88 Å². The number of hydrogen-bond donors (Lipinski definition) is 1. The molecular formula is C15H20N2O. The number of benzene rings is 1. The van der Waals surface area contributed by atoms with E-state index in [0.29, 0.717) is 6.54 Å². The van der Waals surface area contributed by atoms with Crippen molar-refractivity contribution in [2.75, 3.05) is 6.54 Å². The van der Waals surface area contributed by atoms with Crippen molar-refractivity contribution in [2.45, 2.75) is 33.2 Å². The van der Waals surface area contributed by atoms with Crippen molar-refractivity contribution in [3.63, 3.8) is 0 Å². The van der Waals surface area contributed by atoms with Gasteiger partial charge in [0.05, 0.1) is 0 Å². The lowest BCUT2D eigenvalue weighted by Crippen LogP contribution is -2.27. The van der Waals surface area contributed by atoms with E-state index < -0.39 is 0 Å². The summed E-state index contributed by atoms with van der Waals surface area (Å²) in [6.07, 6.45) is 3.99. The van der Waals surface area contributed by atoms with Gasteiger partial charge in [0, 0.05) is 18.3 Å². The van der Waals surface area contributed by atoms with Crippen LogP contribution < -0.4 is 5.32 Å². The van der Waals surface area contributed by atoms with Gasteiger partial charge in [0.2, 0.25) is 5.91 Å². The molecule has 0 radical (unpaired) electrons. The third-order valence-electron chi connectivity index (χ3n) is 3.13. The van der Waals surface area contributed by atoms with Gasteiger partial charge in [-0.05, 0) is 42.0 Å². The number of nitrogens with zero attached hydrogens (tertiary/aromatic N) is 1. The first-order valence-electron chi connectivity index (χ1n) is 6.59. The summed E-state index contributed by atoms with van der Waals surface area (Å²) < 4.78 is 2.00. The summed E-state index contributed by atoms with van der Waals surface area (Å²) in [5.41, 5.74) is 2.45. The van der Waals surface area contributed by atoms with E-state index in [-0.39, 0.29) is 5.91 Å². The average Bonchev–Trinajstić information content (AvgIpc) is 2.78. The van der Waals surface area contributed by atoms with E-state index in [1.54, 1.807) is 0 Å². The van der Waals surface area contributed by atoms with E-state index in [9.17, 15) is 4.79 Å². The van der Waals surface area contributed by atoms with E-state index in [0.717, 1.165) is 24.9 Å². The second-order valence-corrected chi connectivity index (χ2v) is 4.54. The van der Waals surface area contributed by atoms with Gasteiger partial charge in [-0.15, -0.1) is 0 Å². The number of rotatable bonds is 5. The molecule has 0 aliphatic rings. The molecule has 96 valence electrons. The first-order valence-corrected chi connectivity index (χ1v) is 6.59. The SMILES string of the molecule is CCCNC(=O)Cn1ccc2cc(CC)ccc21. The lowest BCUT2D eigenvalue weighted by atomic mass is 10.1. The summed E-state index contributed by atoms with van der Waals surface area (Å²) in [4.78, 5) is 11.7. The zero-order chi connectivity index (χ0) is 13.0. The van der Waals surface area contributed by atoms with E-state index in [4.69, 9.17) is 0 Å². The van der Waals surface area contributed by atoms with Gasteiger partial charge in [-0.2, -0.15) is 0 Å². The molecule has 1 amide bonds. The largest absolute Gasteiger partial charge is 0.355 e. The maximum atomic E-state index is 11.7. The molecule has 0 aliphatic carbocycles. The van der Waals surface area contributed by atoms with Crippen LogP contribution in [0.4, 0.5) is 0 Å². The molecule has 0 saturated carbocycles. The molecule has 0 aliphatic heterocycles. The van der Waals surface area contributed by atoms with Crippen molar-refractivity contribution < 1.29 is 4.79 Å². The third kappa shape index (κ3) is 2.73. The molecule has 18 heavy (non-hydrogen) atoms. The lowest BCUT2D eigenvalue weighted by molar-refractivity contribution is -0.121. The molecule has 1 aromatic heterocycles. The molecule has 2 rings (SSSR count). The number of nitrogens with one attached hydrogen (secondary N) is 1. The predicted molar refractivity (Wildman–Crippen MR) is 74.6 cm³/mol. The van der Waals surface area contributed by atoms with E-state index in [1.165, 1.54) is 10.9 Å². The van der Waals surface area contributed by atoms with Gasteiger partial charge >= 0.3 is 0 Å². The summed E-state index contributed by atoms with van der Waals surface area (Å²) in [6.45, 7) is 5.35. The minimum Gasteiger partial charge on any atom is -0.355 e. The molecule has 1 N–H and O–H groups in total. The molecule has 0 fully saturated rings. The number of amides is 1. The molecule has 0 saturated heterocycles. The number of carbonyl (C=O) groups is 1. The zero-order valence-corrected chi connectivity index (χ0v) is 11.1. The minimum atomic E-state index is 0.0777. The Morgan fingerprint density at radius 2 is 2.11 bits per heavy atom. The molecule has 0 atom stereocenters. The minimum absolute atomic E-state index is 0.0777. The predicted octanol–water partition coefficient (Wildman–Crippen LogP) is 2.73. The van der Waals surface area contributed by atoms with Gasteiger partial charge in [0.25, 0.3) is 0 Å². The highest BCUT2D eigenvalue weighted by Crippen LogP contribution is 2.17. The van der Waals surface area contributed by atoms with Crippen LogP contribution in [0.1, 0.15) is 25.8 Å². The second-order valence-electron chi connectivity index (χ2n) is 4.54. The summed E-state index contributed by atoms with van der Waals surface area (Å²) in [5, 5.41) is 4.10. The van der Waals surface area contributed by atoms with Crippen molar-refractivity contribution in [1.82, 2.24) is 9.88 Å². The lowest BCUT2D eigenvalue weighted by Gasteiger charge is -2.06. The number of aromatic nitrogens is 1. The van der Waals surface area contributed by atoms with Gasteiger partial charge in [0.1, 0.15) is 6.54 Å². The van der Waals surface area contributed by atoms with Gasteiger partial charge in [-0.1, -0.05) is 19.9 Å². The Labute approximate surface area is 108 Å². The molecular weight excluding hydrogens is 224 g/mol. The average molecular weight is 244 g/mol. The van der Waals surface area contributed by atoms with Crippen LogP contribution in [-0.4, -0.2) is 17.0 Å². The summed E-state index contributed by atoms with van der Waals surface area (Å²) >= 11 is 0. The molecule has 3 heteroatoms. The molecule has 0 unspecified atom stereocenters. The molecule has 1 heterocycles. The van der Waals surface area contributed by atoms with Gasteiger partial charge in [0.15, 0.2) is 0 Å². The standard InChI is InChI=1S/C15H20N2O/c1-3-8-16-15(18)11-17-9-7-13-10-12(4-2)5-6-14(13)17/h5-7,9-10H,3-4,8,11H2,1-2H3,(H,16,18). The Hall–Kier alpha value is -1.77. The van der Waals surface area contributed by atoms with Crippen molar-refractivity contribution in [3.05, 3.63) is 36.0 Å². The van der Waals surface area contributed by atoms with Crippen LogP contribution in [0.5, 0.6) is 0 Å². The Balaban J connectivity index is 2.16. The highest BCUT2D eigenvalue weighted by Gasteiger charge is 2.05. The van der Waals surface area contributed by atoms with Crippen LogP contribution in [0.25, 0.3) is 10.9 Å². The van der Waals surface area contributed by atoms with E-state index >= 15 is 0 Å². The Bertz CT molecular complexity index is 542. The van der Waals surface area contributed by atoms with Crippen LogP contribution in [0.2, 0.25) is 0 Å². The monoisotopic (exact) mass is 244 g/mol. The highest BCUT2D eigenvalue weighted by atomic mass is 16.1. The smallest absolute Gasteiger partial charge is 0.239 e. The molecule has 3 nitrogen and oxygen atoms in total. The van der Waals surface area contributed by atoms with Crippen molar-refractivity contribution in [3.8, 4) is 0 Å². The first-order chi connectivity index (χ1) is 8.74. The maximum Gasteiger partial charge on any atom is 0.239 e. The molecule has 0 spiro atoms. The van der Waals surface area contributed by atoms with Crippen LogP contribution in [0.15, 0.2) is 30.5 Å². The number of hydrogen-bond acceptors (Lipinski definition) is 1. The second kappa shape index (κ2) is 5.71. The fourth-order valence-electron chi connectivity index (χ4n) is 2.08.